The zero-order valence-corrected chi connectivity index (χ0v) is 8.68. The second kappa shape index (κ2) is 5.31. The molecule has 0 amide bonds. The molecule has 12 heavy (non-hydrogen) atoms. The molecule has 1 N–H and O–H groups in total. The largest absolute Gasteiger partial charge is 0.314 e. The number of carbonyl (C=O) groups excluding carboxylic acids is 1. The highest BCUT2D eigenvalue weighted by atomic mass is 16.1. The molecule has 0 saturated carbocycles. The van der Waals surface area contributed by atoms with Gasteiger partial charge in [0.15, 0.2) is 0 Å². The van der Waals surface area contributed by atoms with Crippen LogP contribution in [0.25, 0.3) is 0 Å². The third-order valence-corrected chi connectivity index (χ3v) is 1.67. The third kappa shape index (κ3) is 7.73. The van der Waals surface area contributed by atoms with Crippen LogP contribution in [0.15, 0.2) is 0 Å². The van der Waals surface area contributed by atoms with Crippen molar-refractivity contribution in [3.63, 3.8) is 0 Å². The highest BCUT2D eigenvalue weighted by molar-refractivity contribution is 5.49. The molecule has 0 aromatic heterocycles. The van der Waals surface area contributed by atoms with Gasteiger partial charge in [-0.05, 0) is 18.8 Å². The maximum Gasteiger partial charge on any atom is 0.121 e. The van der Waals surface area contributed by atoms with Crippen LogP contribution >= 0.6 is 0 Å². The average Bonchev–Trinajstić information content (AvgIpc) is 1.84. The first kappa shape index (κ1) is 11.6. The quantitative estimate of drug-likeness (QED) is 0.506. The molecule has 1 atom stereocenters. The summed E-state index contributed by atoms with van der Waals surface area (Å²) < 4.78 is 0. The Balaban J connectivity index is 3.46. The van der Waals surface area contributed by atoms with Crippen molar-refractivity contribution in [1.29, 1.82) is 0 Å². The second-order valence-electron chi connectivity index (χ2n) is 4.58. The van der Waals surface area contributed by atoms with Crippen LogP contribution in [0.1, 0.15) is 40.5 Å². The lowest BCUT2D eigenvalue weighted by Crippen LogP contribution is -2.31. The van der Waals surface area contributed by atoms with Gasteiger partial charge < -0.3 is 10.1 Å². The van der Waals surface area contributed by atoms with Crippen LogP contribution in [0.2, 0.25) is 0 Å². The smallest absolute Gasteiger partial charge is 0.121 e. The summed E-state index contributed by atoms with van der Waals surface area (Å²) >= 11 is 0. The zero-order valence-electron chi connectivity index (χ0n) is 8.68. The highest BCUT2D eigenvalue weighted by Gasteiger charge is 2.14. The molecular weight excluding hydrogens is 150 g/mol. The van der Waals surface area contributed by atoms with E-state index in [1.807, 2.05) is 0 Å². The predicted molar refractivity (Wildman–Crippen MR) is 52.2 cm³/mol. The van der Waals surface area contributed by atoms with Gasteiger partial charge in [0.25, 0.3) is 0 Å². The molecule has 0 fully saturated rings. The minimum absolute atomic E-state index is 0.369. The molecule has 0 aliphatic heterocycles. The van der Waals surface area contributed by atoms with Gasteiger partial charge in [0.05, 0.1) is 0 Å². The van der Waals surface area contributed by atoms with Crippen LogP contribution in [0.4, 0.5) is 0 Å². The number of nitrogens with one attached hydrogen (secondary N) is 1. The number of rotatable bonds is 5. The van der Waals surface area contributed by atoms with E-state index in [1.54, 1.807) is 0 Å². The number of aldehydes is 1. The Morgan fingerprint density at radius 1 is 1.42 bits per heavy atom. The van der Waals surface area contributed by atoms with Crippen molar-refractivity contribution in [2.45, 2.75) is 46.6 Å². The molecule has 0 saturated heterocycles. The normalized spacial score (nSPS) is 14.3. The fraction of sp³-hybridized carbons (Fsp3) is 0.900. The van der Waals surface area contributed by atoms with Gasteiger partial charge in [0, 0.05) is 19.0 Å². The Morgan fingerprint density at radius 2 is 2.00 bits per heavy atom. The van der Waals surface area contributed by atoms with E-state index in [-0.39, 0.29) is 0 Å². The first-order valence-electron chi connectivity index (χ1n) is 4.63. The first-order chi connectivity index (χ1) is 5.45. The fourth-order valence-corrected chi connectivity index (χ4v) is 1.38. The standard InChI is InChI=1S/C10H21NO/c1-9(8-10(2,3)4)11-6-5-7-12/h7,9,11H,5-6,8H2,1-4H3. The van der Waals surface area contributed by atoms with Crippen molar-refractivity contribution in [2.24, 2.45) is 5.41 Å². The van der Waals surface area contributed by atoms with Gasteiger partial charge in [-0.3, -0.25) is 0 Å². The molecule has 0 spiro atoms. The van der Waals surface area contributed by atoms with Crippen LogP contribution in [0.3, 0.4) is 0 Å². The van der Waals surface area contributed by atoms with Crippen molar-refractivity contribution in [1.82, 2.24) is 5.32 Å². The second-order valence-corrected chi connectivity index (χ2v) is 4.58. The van der Waals surface area contributed by atoms with Gasteiger partial charge in [-0.2, -0.15) is 0 Å². The Morgan fingerprint density at radius 3 is 2.42 bits per heavy atom. The molecular formula is C10H21NO. The maximum absolute atomic E-state index is 10.0. The lowest BCUT2D eigenvalue weighted by Gasteiger charge is -2.23. The number of carbonyl (C=O) groups is 1. The molecule has 2 nitrogen and oxygen atoms in total. The van der Waals surface area contributed by atoms with Gasteiger partial charge in [0.2, 0.25) is 0 Å². The summed E-state index contributed by atoms with van der Waals surface area (Å²) in [5, 5.41) is 3.31. The summed E-state index contributed by atoms with van der Waals surface area (Å²) in [6, 6.07) is 0.505. The monoisotopic (exact) mass is 171 g/mol. The Bertz CT molecular complexity index is 126. The Kier molecular flexibility index (Phi) is 5.14. The number of hydrogen-bond donors (Lipinski definition) is 1. The molecule has 72 valence electrons. The van der Waals surface area contributed by atoms with Crippen molar-refractivity contribution < 1.29 is 4.79 Å². The molecule has 1 unspecified atom stereocenters. The lowest BCUT2D eigenvalue weighted by molar-refractivity contribution is -0.107. The fourth-order valence-electron chi connectivity index (χ4n) is 1.38. The molecule has 0 bridgehead atoms. The van der Waals surface area contributed by atoms with E-state index < -0.39 is 0 Å². The van der Waals surface area contributed by atoms with E-state index >= 15 is 0 Å². The summed E-state index contributed by atoms with van der Waals surface area (Å²) in [5.41, 5.74) is 0.369. The first-order valence-corrected chi connectivity index (χ1v) is 4.63. The van der Waals surface area contributed by atoms with Gasteiger partial charge in [-0.25, -0.2) is 0 Å². The van der Waals surface area contributed by atoms with Crippen LogP contribution < -0.4 is 5.32 Å². The van der Waals surface area contributed by atoms with Gasteiger partial charge in [-0.15, -0.1) is 0 Å². The molecule has 0 rings (SSSR count). The van der Waals surface area contributed by atoms with Crippen LogP contribution in [0, 0.1) is 5.41 Å². The highest BCUT2D eigenvalue weighted by Crippen LogP contribution is 2.20. The Hall–Kier alpha value is -0.370. The summed E-state index contributed by atoms with van der Waals surface area (Å²) in [4.78, 5) is 10.0. The molecule has 0 radical (unpaired) electrons. The third-order valence-electron chi connectivity index (χ3n) is 1.67. The SMILES string of the molecule is CC(CC(C)(C)C)NCCC=O. The van der Waals surface area contributed by atoms with Crippen molar-refractivity contribution in [3.05, 3.63) is 0 Å². The van der Waals surface area contributed by atoms with E-state index in [9.17, 15) is 4.79 Å². The zero-order chi connectivity index (χ0) is 9.61. The average molecular weight is 171 g/mol. The summed E-state index contributed by atoms with van der Waals surface area (Å²) in [5.74, 6) is 0. The molecule has 0 aliphatic rings. The van der Waals surface area contributed by atoms with Crippen molar-refractivity contribution in [2.75, 3.05) is 6.54 Å². The molecule has 0 aromatic carbocycles. The van der Waals surface area contributed by atoms with Crippen molar-refractivity contribution in [3.8, 4) is 0 Å². The predicted octanol–water partition coefficient (Wildman–Crippen LogP) is 1.99. The lowest BCUT2D eigenvalue weighted by atomic mass is 9.89. The van der Waals surface area contributed by atoms with Crippen LogP contribution in [-0.2, 0) is 4.79 Å². The van der Waals surface area contributed by atoms with E-state index in [1.165, 1.54) is 0 Å². The maximum atomic E-state index is 10.0. The van der Waals surface area contributed by atoms with Gasteiger partial charge >= 0.3 is 0 Å². The van der Waals surface area contributed by atoms with E-state index in [0.29, 0.717) is 17.9 Å². The summed E-state index contributed by atoms with van der Waals surface area (Å²) in [7, 11) is 0. The molecule has 0 aromatic rings. The van der Waals surface area contributed by atoms with E-state index in [2.05, 4.69) is 33.0 Å². The minimum Gasteiger partial charge on any atom is -0.314 e. The van der Waals surface area contributed by atoms with Crippen LogP contribution in [-0.4, -0.2) is 18.9 Å². The summed E-state index contributed by atoms with van der Waals surface area (Å²) in [6.45, 7) is 9.65. The van der Waals surface area contributed by atoms with E-state index in [0.717, 1.165) is 19.3 Å². The minimum atomic E-state index is 0.369. The summed E-state index contributed by atoms with van der Waals surface area (Å²) in [6.07, 6.45) is 2.72. The molecule has 0 heterocycles. The Labute approximate surface area is 75.7 Å². The van der Waals surface area contributed by atoms with Gasteiger partial charge in [-0.1, -0.05) is 20.8 Å². The molecule has 0 aliphatic carbocycles. The van der Waals surface area contributed by atoms with E-state index in [4.69, 9.17) is 0 Å². The topological polar surface area (TPSA) is 29.1 Å². The van der Waals surface area contributed by atoms with Gasteiger partial charge in [0.1, 0.15) is 6.29 Å². The van der Waals surface area contributed by atoms with Crippen LogP contribution in [0.5, 0.6) is 0 Å². The number of hydrogen-bond acceptors (Lipinski definition) is 2. The molecule has 2 heteroatoms. The van der Waals surface area contributed by atoms with Crippen molar-refractivity contribution >= 4 is 6.29 Å².